The highest BCUT2D eigenvalue weighted by Crippen LogP contribution is 2.26. The molecule has 1 aromatic carbocycles. The molecule has 1 saturated heterocycles. The minimum absolute atomic E-state index is 0.0926. The molecule has 1 aliphatic rings. The molecule has 1 aromatic rings. The summed E-state index contributed by atoms with van der Waals surface area (Å²) < 4.78 is 0. The fraction of sp³-hybridized carbons (Fsp3) is 0.467. The summed E-state index contributed by atoms with van der Waals surface area (Å²) in [6.07, 6.45) is 1.94. The Kier molecular flexibility index (Phi) is 4.73. The van der Waals surface area contributed by atoms with Gasteiger partial charge in [0.05, 0.1) is 16.3 Å². The van der Waals surface area contributed by atoms with E-state index >= 15 is 0 Å². The standard InChI is InChI=1S/C15H19ClN2O3/c1-9-5-6-18(10(2)7-9)15(21)17-13-8-11(14(19)20)3-4-12(13)16/h3-4,8-10H,5-7H2,1-2H3,(H,17,21)(H,19,20). The van der Waals surface area contributed by atoms with E-state index < -0.39 is 5.97 Å². The number of carboxylic acid groups (broad SMARTS) is 1. The van der Waals surface area contributed by atoms with Gasteiger partial charge in [-0.15, -0.1) is 0 Å². The second-order valence-corrected chi connectivity index (χ2v) is 6.01. The van der Waals surface area contributed by atoms with Gasteiger partial charge in [-0.05, 0) is 43.9 Å². The summed E-state index contributed by atoms with van der Waals surface area (Å²) in [6.45, 7) is 4.90. The average Bonchev–Trinajstić information content (AvgIpc) is 2.40. The van der Waals surface area contributed by atoms with E-state index in [1.807, 2.05) is 6.92 Å². The predicted molar refractivity (Wildman–Crippen MR) is 82.0 cm³/mol. The molecule has 6 heteroatoms. The lowest BCUT2D eigenvalue weighted by molar-refractivity contribution is 0.0697. The van der Waals surface area contributed by atoms with Crippen LogP contribution in [0, 0.1) is 5.92 Å². The van der Waals surface area contributed by atoms with Gasteiger partial charge in [0.1, 0.15) is 0 Å². The molecule has 0 saturated carbocycles. The minimum atomic E-state index is -1.05. The van der Waals surface area contributed by atoms with Crippen LogP contribution in [0.5, 0.6) is 0 Å². The quantitative estimate of drug-likeness (QED) is 0.875. The number of nitrogens with one attached hydrogen (secondary N) is 1. The van der Waals surface area contributed by atoms with Crippen LogP contribution in [0.15, 0.2) is 18.2 Å². The largest absolute Gasteiger partial charge is 0.478 e. The highest BCUT2D eigenvalue weighted by Gasteiger charge is 2.27. The molecule has 0 aromatic heterocycles. The topological polar surface area (TPSA) is 69.6 Å². The zero-order chi connectivity index (χ0) is 15.6. The molecule has 1 aliphatic heterocycles. The first-order valence-corrected chi connectivity index (χ1v) is 7.36. The molecule has 2 N–H and O–H groups in total. The van der Waals surface area contributed by atoms with Crippen molar-refractivity contribution in [3.05, 3.63) is 28.8 Å². The lowest BCUT2D eigenvalue weighted by atomic mass is 9.94. The van der Waals surface area contributed by atoms with Crippen molar-refractivity contribution in [2.24, 2.45) is 5.92 Å². The fourth-order valence-electron chi connectivity index (χ4n) is 2.65. The Bertz CT molecular complexity index is 562. The molecular formula is C15H19ClN2O3. The maximum Gasteiger partial charge on any atom is 0.335 e. The maximum atomic E-state index is 12.3. The highest BCUT2D eigenvalue weighted by molar-refractivity contribution is 6.33. The van der Waals surface area contributed by atoms with E-state index in [0.717, 1.165) is 12.8 Å². The summed E-state index contributed by atoms with van der Waals surface area (Å²) in [5, 5.41) is 12.0. The SMILES string of the molecule is CC1CCN(C(=O)Nc2cc(C(=O)O)ccc2Cl)C(C)C1. The number of hydrogen-bond acceptors (Lipinski definition) is 2. The predicted octanol–water partition coefficient (Wildman–Crippen LogP) is 3.69. The Morgan fingerprint density at radius 3 is 2.71 bits per heavy atom. The normalized spacial score (nSPS) is 22.0. The third-order valence-corrected chi connectivity index (χ3v) is 4.18. The lowest BCUT2D eigenvalue weighted by Gasteiger charge is -2.36. The number of halogens is 1. The molecule has 0 spiro atoms. The molecule has 2 unspecified atom stereocenters. The fourth-order valence-corrected chi connectivity index (χ4v) is 2.81. The van der Waals surface area contributed by atoms with Crippen molar-refractivity contribution in [3.8, 4) is 0 Å². The minimum Gasteiger partial charge on any atom is -0.478 e. The van der Waals surface area contributed by atoms with Crippen LogP contribution >= 0.6 is 11.6 Å². The summed E-state index contributed by atoms with van der Waals surface area (Å²) in [5.41, 5.74) is 0.419. The maximum absolute atomic E-state index is 12.3. The van der Waals surface area contributed by atoms with Gasteiger partial charge < -0.3 is 15.3 Å². The number of rotatable bonds is 2. The number of carbonyl (C=O) groups excluding carboxylic acids is 1. The summed E-state index contributed by atoms with van der Waals surface area (Å²) in [5.74, 6) is -0.440. The molecule has 21 heavy (non-hydrogen) atoms. The van der Waals surface area contributed by atoms with Gasteiger partial charge in [0, 0.05) is 12.6 Å². The molecule has 0 bridgehead atoms. The second-order valence-electron chi connectivity index (χ2n) is 5.60. The van der Waals surface area contributed by atoms with Crippen molar-refractivity contribution >= 4 is 29.3 Å². The van der Waals surface area contributed by atoms with Gasteiger partial charge in [-0.2, -0.15) is 0 Å². The van der Waals surface area contributed by atoms with E-state index in [1.54, 1.807) is 4.90 Å². The van der Waals surface area contributed by atoms with Gasteiger partial charge in [-0.25, -0.2) is 9.59 Å². The molecule has 2 atom stereocenters. The van der Waals surface area contributed by atoms with E-state index in [1.165, 1.54) is 18.2 Å². The van der Waals surface area contributed by atoms with Crippen molar-refractivity contribution in [1.29, 1.82) is 0 Å². The van der Waals surface area contributed by atoms with E-state index in [0.29, 0.717) is 23.2 Å². The number of carboxylic acids is 1. The number of hydrogen-bond donors (Lipinski definition) is 2. The van der Waals surface area contributed by atoms with Crippen LogP contribution in [-0.4, -0.2) is 34.6 Å². The first-order valence-electron chi connectivity index (χ1n) is 6.99. The number of amides is 2. The van der Waals surface area contributed by atoms with Crippen LogP contribution in [0.4, 0.5) is 10.5 Å². The number of carbonyl (C=O) groups is 2. The molecule has 1 fully saturated rings. The number of nitrogens with zero attached hydrogens (tertiary/aromatic N) is 1. The average molecular weight is 311 g/mol. The summed E-state index contributed by atoms with van der Waals surface area (Å²) in [7, 11) is 0. The van der Waals surface area contributed by atoms with Gasteiger partial charge in [0.15, 0.2) is 0 Å². The molecule has 1 heterocycles. The zero-order valence-corrected chi connectivity index (χ0v) is 12.9. The molecule has 5 nitrogen and oxygen atoms in total. The first-order chi connectivity index (χ1) is 9.88. The van der Waals surface area contributed by atoms with Crippen molar-refractivity contribution < 1.29 is 14.7 Å². The Morgan fingerprint density at radius 2 is 2.10 bits per heavy atom. The number of urea groups is 1. The van der Waals surface area contributed by atoms with Crippen LogP contribution < -0.4 is 5.32 Å². The van der Waals surface area contributed by atoms with Crippen LogP contribution in [0.1, 0.15) is 37.0 Å². The molecule has 0 radical (unpaired) electrons. The van der Waals surface area contributed by atoms with Crippen LogP contribution in [-0.2, 0) is 0 Å². The second kappa shape index (κ2) is 6.35. The number of piperidine rings is 1. The van der Waals surface area contributed by atoms with Crippen molar-refractivity contribution in [2.75, 3.05) is 11.9 Å². The summed E-state index contributed by atoms with van der Waals surface area (Å²) >= 11 is 6.02. The van der Waals surface area contributed by atoms with Gasteiger partial charge in [-0.1, -0.05) is 18.5 Å². The third-order valence-electron chi connectivity index (χ3n) is 3.85. The summed E-state index contributed by atoms with van der Waals surface area (Å²) in [4.78, 5) is 25.1. The smallest absolute Gasteiger partial charge is 0.335 e. The Morgan fingerprint density at radius 1 is 1.38 bits per heavy atom. The molecule has 0 aliphatic carbocycles. The third kappa shape index (κ3) is 3.67. The molecule has 114 valence electrons. The van der Waals surface area contributed by atoms with E-state index in [9.17, 15) is 9.59 Å². The van der Waals surface area contributed by atoms with Crippen molar-refractivity contribution in [3.63, 3.8) is 0 Å². The number of benzene rings is 1. The van der Waals surface area contributed by atoms with E-state index in [-0.39, 0.29) is 17.6 Å². The number of anilines is 1. The Labute approximate surface area is 128 Å². The first kappa shape index (κ1) is 15.6. The van der Waals surface area contributed by atoms with Crippen molar-refractivity contribution in [1.82, 2.24) is 4.90 Å². The Balaban J connectivity index is 2.12. The lowest BCUT2D eigenvalue weighted by Crippen LogP contribution is -2.46. The van der Waals surface area contributed by atoms with Crippen LogP contribution in [0.3, 0.4) is 0 Å². The van der Waals surface area contributed by atoms with Gasteiger partial charge in [0.25, 0.3) is 0 Å². The van der Waals surface area contributed by atoms with E-state index in [2.05, 4.69) is 12.2 Å². The highest BCUT2D eigenvalue weighted by atomic mass is 35.5. The Hall–Kier alpha value is -1.75. The molecule has 2 rings (SSSR count). The molecule has 2 amide bonds. The number of likely N-dealkylation sites (tertiary alicyclic amines) is 1. The number of aromatic carboxylic acids is 1. The van der Waals surface area contributed by atoms with E-state index in [4.69, 9.17) is 16.7 Å². The van der Waals surface area contributed by atoms with Gasteiger partial charge in [0.2, 0.25) is 0 Å². The molecular weight excluding hydrogens is 292 g/mol. The van der Waals surface area contributed by atoms with Gasteiger partial charge >= 0.3 is 12.0 Å². The zero-order valence-electron chi connectivity index (χ0n) is 12.1. The van der Waals surface area contributed by atoms with Crippen LogP contribution in [0.25, 0.3) is 0 Å². The van der Waals surface area contributed by atoms with Crippen molar-refractivity contribution in [2.45, 2.75) is 32.7 Å². The summed E-state index contributed by atoms with van der Waals surface area (Å²) in [6, 6.07) is 4.18. The van der Waals surface area contributed by atoms with Gasteiger partial charge in [-0.3, -0.25) is 0 Å². The van der Waals surface area contributed by atoms with Crippen LogP contribution in [0.2, 0.25) is 5.02 Å². The monoisotopic (exact) mass is 310 g/mol.